The lowest BCUT2D eigenvalue weighted by molar-refractivity contribution is -0.147. The van der Waals surface area contributed by atoms with Crippen molar-refractivity contribution in [1.82, 2.24) is 5.16 Å². The van der Waals surface area contributed by atoms with Crippen molar-refractivity contribution < 1.29 is 19.2 Å². The van der Waals surface area contributed by atoms with Crippen LogP contribution in [0, 0.1) is 6.92 Å². The SMILES string of the molecule is Cc1noc(-c2ccc(Br)cc2)c1CC(=O)O[C@H](C)c1cccc(O)c1. The fourth-order valence-corrected chi connectivity index (χ4v) is 2.92. The third-order valence-corrected chi connectivity index (χ3v) is 4.59. The molecular weight excluding hydrogens is 398 g/mol. The quantitative estimate of drug-likeness (QED) is 0.595. The zero-order valence-corrected chi connectivity index (χ0v) is 16.0. The number of hydrogen-bond donors (Lipinski definition) is 1. The zero-order chi connectivity index (χ0) is 18.7. The normalized spacial score (nSPS) is 12.0. The molecule has 0 aliphatic carbocycles. The highest BCUT2D eigenvalue weighted by atomic mass is 79.9. The van der Waals surface area contributed by atoms with E-state index in [1.165, 1.54) is 0 Å². The first-order valence-electron chi connectivity index (χ1n) is 8.13. The second-order valence-electron chi connectivity index (χ2n) is 5.99. The van der Waals surface area contributed by atoms with Gasteiger partial charge >= 0.3 is 5.97 Å². The number of nitrogens with zero attached hydrogens (tertiary/aromatic N) is 1. The molecule has 0 saturated carbocycles. The third-order valence-electron chi connectivity index (χ3n) is 4.06. The molecule has 6 heteroatoms. The number of aromatic nitrogens is 1. The first-order chi connectivity index (χ1) is 12.4. The number of esters is 1. The molecule has 0 amide bonds. The molecule has 5 nitrogen and oxygen atoms in total. The third kappa shape index (κ3) is 4.14. The predicted molar refractivity (Wildman–Crippen MR) is 101 cm³/mol. The van der Waals surface area contributed by atoms with Gasteiger partial charge in [0.15, 0.2) is 5.76 Å². The number of aryl methyl sites for hydroxylation is 1. The summed E-state index contributed by atoms with van der Waals surface area (Å²) in [5.41, 5.74) is 2.94. The van der Waals surface area contributed by atoms with Crippen molar-refractivity contribution in [3.05, 3.63) is 69.8 Å². The topological polar surface area (TPSA) is 72.6 Å². The molecule has 0 aliphatic rings. The van der Waals surface area contributed by atoms with Crippen molar-refractivity contribution in [2.24, 2.45) is 0 Å². The maximum Gasteiger partial charge on any atom is 0.311 e. The number of halogens is 1. The van der Waals surface area contributed by atoms with Gasteiger partial charge in [-0.1, -0.05) is 45.4 Å². The first kappa shape index (κ1) is 18.2. The Hall–Kier alpha value is -2.60. The van der Waals surface area contributed by atoms with Crippen molar-refractivity contribution in [3.63, 3.8) is 0 Å². The van der Waals surface area contributed by atoms with Gasteiger partial charge in [0.2, 0.25) is 0 Å². The van der Waals surface area contributed by atoms with E-state index in [0.717, 1.165) is 15.6 Å². The van der Waals surface area contributed by atoms with E-state index in [4.69, 9.17) is 9.26 Å². The Morgan fingerprint density at radius 3 is 2.69 bits per heavy atom. The van der Waals surface area contributed by atoms with Crippen LogP contribution in [0.15, 0.2) is 57.5 Å². The molecule has 0 spiro atoms. The highest BCUT2D eigenvalue weighted by molar-refractivity contribution is 9.10. The minimum Gasteiger partial charge on any atom is -0.508 e. The Morgan fingerprint density at radius 2 is 2.00 bits per heavy atom. The number of aromatic hydroxyl groups is 1. The minimum atomic E-state index is -0.467. The molecule has 0 fully saturated rings. The molecule has 0 radical (unpaired) electrons. The molecule has 1 atom stereocenters. The largest absolute Gasteiger partial charge is 0.508 e. The van der Waals surface area contributed by atoms with Crippen LogP contribution in [0.2, 0.25) is 0 Å². The molecule has 3 rings (SSSR count). The predicted octanol–water partition coefficient (Wildman–Crippen LogP) is 4.97. The van der Waals surface area contributed by atoms with Gasteiger partial charge in [0, 0.05) is 15.6 Å². The van der Waals surface area contributed by atoms with Crippen LogP contribution in [0.25, 0.3) is 11.3 Å². The molecule has 2 aromatic carbocycles. The van der Waals surface area contributed by atoms with Gasteiger partial charge in [-0.2, -0.15) is 0 Å². The summed E-state index contributed by atoms with van der Waals surface area (Å²) in [4.78, 5) is 12.4. The summed E-state index contributed by atoms with van der Waals surface area (Å²) in [5.74, 6) is 0.320. The summed E-state index contributed by atoms with van der Waals surface area (Å²) in [7, 11) is 0. The molecule has 0 saturated heterocycles. The molecule has 26 heavy (non-hydrogen) atoms. The van der Waals surface area contributed by atoms with E-state index >= 15 is 0 Å². The van der Waals surface area contributed by atoms with Crippen molar-refractivity contribution in [3.8, 4) is 17.1 Å². The van der Waals surface area contributed by atoms with Crippen molar-refractivity contribution in [2.45, 2.75) is 26.4 Å². The average Bonchev–Trinajstić information content (AvgIpc) is 2.96. The van der Waals surface area contributed by atoms with Crippen molar-refractivity contribution in [2.75, 3.05) is 0 Å². The summed E-state index contributed by atoms with van der Waals surface area (Å²) in [6.45, 7) is 3.57. The summed E-state index contributed by atoms with van der Waals surface area (Å²) in [5, 5.41) is 13.5. The Morgan fingerprint density at radius 1 is 1.27 bits per heavy atom. The van der Waals surface area contributed by atoms with E-state index in [9.17, 15) is 9.90 Å². The van der Waals surface area contributed by atoms with Gasteiger partial charge in [-0.15, -0.1) is 0 Å². The van der Waals surface area contributed by atoms with Crippen LogP contribution in [0.3, 0.4) is 0 Å². The van der Waals surface area contributed by atoms with Crippen LogP contribution in [0.5, 0.6) is 5.75 Å². The molecule has 0 unspecified atom stereocenters. The summed E-state index contributed by atoms with van der Waals surface area (Å²) < 4.78 is 11.9. The molecular formula is C20H18BrNO4. The van der Waals surface area contributed by atoms with Gasteiger partial charge in [0.05, 0.1) is 12.1 Å². The first-order valence-corrected chi connectivity index (χ1v) is 8.93. The molecule has 3 aromatic rings. The molecule has 0 aliphatic heterocycles. The van der Waals surface area contributed by atoms with Gasteiger partial charge in [-0.25, -0.2) is 0 Å². The Labute approximate surface area is 159 Å². The highest BCUT2D eigenvalue weighted by Crippen LogP contribution is 2.29. The Bertz CT molecular complexity index is 918. The second kappa shape index (κ2) is 7.74. The highest BCUT2D eigenvalue weighted by Gasteiger charge is 2.20. The number of rotatable bonds is 5. The molecule has 134 valence electrons. The van der Waals surface area contributed by atoms with E-state index in [1.54, 1.807) is 38.1 Å². The Balaban J connectivity index is 1.75. The van der Waals surface area contributed by atoms with E-state index in [-0.39, 0.29) is 18.1 Å². The lowest BCUT2D eigenvalue weighted by Crippen LogP contribution is -2.12. The average molecular weight is 416 g/mol. The molecule has 1 N–H and O–H groups in total. The summed E-state index contributed by atoms with van der Waals surface area (Å²) >= 11 is 3.40. The van der Waals surface area contributed by atoms with Gasteiger partial charge in [-0.3, -0.25) is 4.79 Å². The molecule has 1 aromatic heterocycles. The minimum absolute atomic E-state index is 0.0594. The monoisotopic (exact) mass is 415 g/mol. The number of phenolic OH excluding ortho intramolecular Hbond substituents is 1. The van der Waals surface area contributed by atoms with Crippen LogP contribution >= 0.6 is 15.9 Å². The number of hydrogen-bond acceptors (Lipinski definition) is 5. The van der Waals surface area contributed by atoms with E-state index < -0.39 is 6.10 Å². The number of ether oxygens (including phenoxy) is 1. The summed E-state index contributed by atoms with van der Waals surface area (Å²) in [6.07, 6.45) is -0.407. The lowest BCUT2D eigenvalue weighted by Gasteiger charge is -2.14. The standard InChI is InChI=1S/C20H18BrNO4/c1-12-18(20(26-22-12)14-6-8-16(21)9-7-14)11-19(24)25-13(2)15-4-3-5-17(23)10-15/h3-10,13,23H,11H2,1-2H3/t13-/m1/s1. The van der Waals surface area contributed by atoms with Crippen LogP contribution in [0.4, 0.5) is 0 Å². The van der Waals surface area contributed by atoms with Crippen LogP contribution < -0.4 is 0 Å². The van der Waals surface area contributed by atoms with Crippen molar-refractivity contribution in [1.29, 1.82) is 0 Å². The lowest BCUT2D eigenvalue weighted by atomic mass is 10.0. The van der Waals surface area contributed by atoms with E-state index in [1.807, 2.05) is 24.3 Å². The fourth-order valence-electron chi connectivity index (χ4n) is 2.65. The number of phenols is 1. The summed E-state index contributed by atoms with van der Waals surface area (Å²) in [6, 6.07) is 14.3. The van der Waals surface area contributed by atoms with E-state index in [2.05, 4.69) is 21.1 Å². The smallest absolute Gasteiger partial charge is 0.311 e. The van der Waals surface area contributed by atoms with Gasteiger partial charge in [-0.05, 0) is 43.7 Å². The van der Waals surface area contributed by atoms with Crippen LogP contribution in [-0.4, -0.2) is 16.2 Å². The Kier molecular flexibility index (Phi) is 5.42. The number of benzene rings is 2. The van der Waals surface area contributed by atoms with Gasteiger partial charge in [0.25, 0.3) is 0 Å². The number of carbonyl (C=O) groups excluding carboxylic acids is 1. The van der Waals surface area contributed by atoms with Crippen molar-refractivity contribution >= 4 is 21.9 Å². The number of carbonyl (C=O) groups is 1. The van der Waals surface area contributed by atoms with Gasteiger partial charge < -0.3 is 14.4 Å². The second-order valence-corrected chi connectivity index (χ2v) is 6.90. The van der Waals surface area contributed by atoms with Gasteiger partial charge in [0.1, 0.15) is 11.9 Å². The fraction of sp³-hybridized carbons (Fsp3) is 0.200. The molecule has 1 heterocycles. The van der Waals surface area contributed by atoms with E-state index in [0.29, 0.717) is 17.0 Å². The maximum atomic E-state index is 12.4. The van der Waals surface area contributed by atoms with Crippen LogP contribution in [-0.2, 0) is 16.0 Å². The zero-order valence-electron chi connectivity index (χ0n) is 14.4. The maximum absolute atomic E-state index is 12.4. The van der Waals surface area contributed by atoms with Crippen LogP contribution in [0.1, 0.15) is 29.8 Å². The molecule has 0 bridgehead atoms.